The molecule has 1 aliphatic rings. The number of fused-ring (bicyclic) bond motifs is 1. The minimum atomic E-state index is -0.894. The average molecular weight is 530 g/mol. The van der Waals surface area contributed by atoms with Gasteiger partial charge in [0.2, 0.25) is 0 Å². The number of aryl methyl sites for hydroxylation is 2. The molecular formula is C25H20ClN9O3. The van der Waals surface area contributed by atoms with Crippen molar-refractivity contribution in [2.45, 2.75) is 25.8 Å². The molecule has 0 radical (unpaired) electrons. The molecule has 38 heavy (non-hydrogen) atoms. The molecule has 2 aromatic carbocycles. The Bertz CT molecular complexity index is 1730. The summed E-state index contributed by atoms with van der Waals surface area (Å²) in [5.74, 6) is 1.52. The first-order chi connectivity index (χ1) is 18.4. The van der Waals surface area contributed by atoms with Gasteiger partial charge in [0.1, 0.15) is 34.6 Å². The molecule has 4 heterocycles. The number of nitrogens with one attached hydrogen (secondary N) is 1. The summed E-state index contributed by atoms with van der Waals surface area (Å²) in [7, 11) is 0. The van der Waals surface area contributed by atoms with E-state index in [9.17, 15) is 9.59 Å². The van der Waals surface area contributed by atoms with Crippen molar-refractivity contribution in [3.05, 3.63) is 87.6 Å². The van der Waals surface area contributed by atoms with E-state index in [0.717, 1.165) is 16.8 Å². The van der Waals surface area contributed by atoms with Crippen LogP contribution in [0, 0.1) is 6.92 Å². The molecule has 5 aromatic rings. The van der Waals surface area contributed by atoms with Gasteiger partial charge in [-0.2, -0.15) is 4.68 Å². The Morgan fingerprint density at radius 1 is 1.16 bits per heavy atom. The zero-order valence-electron chi connectivity index (χ0n) is 20.0. The summed E-state index contributed by atoms with van der Waals surface area (Å²) in [6.45, 7) is 1.97. The molecule has 1 aliphatic heterocycles. The van der Waals surface area contributed by atoms with Gasteiger partial charge < -0.3 is 15.5 Å². The monoisotopic (exact) mass is 529 g/mol. The van der Waals surface area contributed by atoms with Crippen molar-refractivity contribution in [2.75, 3.05) is 0 Å². The summed E-state index contributed by atoms with van der Waals surface area (Å²) < 4.78 is 8.07. The lowest BCUT2D eigenvalue weighted by Gasteiger charge is -2.14. The number of ether oxygens (including phenoxy) is 1. The fourth-order valence-electron chi connectivity index (χ4n) is 4.68. The number of nitrogens with zero attached hydrogens (tertiary/aromatic N) is 7. The molecule has 0 fully saturated rings. The van der Waals surface area contributed by atoms with Gasteiger partial charge in [0, 0.05) is 23.6 Å². The van der Waals surface area contributed by atoms with Gasteiger partial charge in [-0.3, -0.25) is 9.36 Å². The maximum atomic E-state index is 13.4. The molecule has 190 valence electrons. The topological polar surface area (TPSA) is 159 Å². The molecular weight excluding hydrogens is 510 g/mol. The Kier molecular flexibility index (Phi) is 5.72. The zero-order chi connectivity index (χ0) is 26.4. The maximum absolute atomic E-state index is 13.4. The molecule has 0 aliphatic carbocycles. The van der Waals surface area contributed by atoms with E-state index in [1.54, 1.807) is 33.5 Å². The number of rotatable bonds is 5. The number of halogens is 1. The lowest BCUT2D eigenvalue weighted by atomic mass is 10.1. The molecule has 0 spiro atoms. The zero-order valence-corrected chi connectivity index (χ0v) is 20.8. The number of hydrogen-bond acceptors (Lipinski definition) is 8. The highest BCUT2D eigenvalue weighted by Crippen LogP contribution is 2.34. The SMILES string of the molecule is Cc1ccc(-n2cnnn2)c(-c2cc(=O)n3c(n2)CC[C@H]3c2nc(-c3ccc(OC(N)=O)cc3)c(Cl)[nH]2)c1. The van der Waals surface area contributed by atoms with Crippen LogP contribution in [0.15, 0.2) is 59.7 Å². The highest BCUT2D eigenvalue weighted by atomic mass is 35.5. The van der Waals surface area contributed by atoms with E-state index < -0.39 is 6.09 Å². The fraction of sp³-hybridized carbons (Fsp3) is 0.160. The number of tetrazole rings is 1. The molecule has 3 aromatic heterocycles. The second kappa shape index (κ2) is 9.23. The summed E-state index contributed by atoms with van der Waals surface area (Å²) in [4.78, 5) is 37.0. The van der Waals surface area contributed by atoms with Crippen LogP contribution in [0.5, 0.6) is 5.75 Å². The second-order valence-electron chi connectivity index (χ2n) is 8.83. The van der Waals surface area contributed by atoms with Crippen LogP contribution in [-0.2, 0) is 6.42 Å². The first kappa shape index (κ1) is 23.6. The van der Waals surface area contributed by atoms with Crippen molar-refractivity contribution in [3.63, 3.8) is 0 Å². The first-order valence-corrected chi connectivity index (χ1v) is 12.0. The standard InChI is InChI=1S/C25H20ClN9O3/c1-13-2-7-18(34-12-28-32-33-34)16(10-13)17-11-21(36)35-19(8-9-20(35)29-17)24-30-22(23(26)31-24)14-3-5-15(6-4-14)38-25(27)37/h2-7,10-12,19H,8-9H2,1H3,(H2,27,37)(H,30,31)/t19-/m0/s1. The number of H-pyrrole nitrogens is 1. The number of primary amides is 1. The maximum Gasteiger partial charge on any atom is 0.409 e. The summed E-state index contributed by atoms with van der Waals surface area (Å²) in [6.07, 6.45) is 1.83. The van der Waals surface area contributed by atoms with Gasteiger partial charge in [-0.05, 0) is 60.2 Å². The Morgan fingerprint density at radius 3 is 2.71 bits per heavy atom. The quantitative estimate of drug-likeness (QED) is 0.351. The van der Waals surface area contributed by atoms with E-state index in [1.807, 2.05) is 25.1 Å². The number of carbonyl (C=O) groups is 1. The third-order valence-corrected chi connectivity index (χ3v) is 6.62. The number of imidazole rings is 1. The van der Waals surface area contributed by atoms with Crippen LogP contribution in [0.4, 0.5) is 4.79 Å². The van der Waals surface area contributed by atoms with Crippen molar-refractivity contribution in [1.82, 2.24) is 39.7 Å². The van der Waals surface area contributed by atoms with Crippen LogP contribution in [0.25, 0.3) is 28.2 Å². The van der Waals surface area contributed by atoms with Crippen LogP contribution >= 0.6 is 11.6 Å². The fourth-order valence-corrected chi connectivity index (χ4v) is 4.93. The normalized spacial score (nSPS) is 14.4. The van der Waals surface area contributed by atoms with Gasteiger partial charge in [-0.25, -0.2) is 14.8 Å². The molecule has 1 atom stereocenters. The number of nitrogens with two attached hydrogens (primary N) is 1. The molecule has 6 rings (SSSR count). The smallest absolute Gasteiger partial charge is 0.409 e. The third-order valence-electron chi connectivity index (χ3n) is 6.34. The molecule has 13 heteroatoms. The van der Waals surface area contributed by atoms with E-state index in [4.69, 9.17) is 32.0 Å². The van der Waals surface area contributed by atoms with E-state index in [-0.39, 0.29) is 11.6 Å². The molecule has 1 amide bonds. The number of benzene rings is 2. The Balaban J connectivity index is 1.35. The Labute approximate surface area is 220 Å². The predicted octanol–water partition coefficient (Wildman–Crippen LogP) is 3.23. The summed E-state index contributed by atoms with van der Waals surface area (Å²) in [6, 6.07) is 13.6. The second-order valence-corrected chi connectivity index (χ2v) is 9.20. The summed E-state index contributed by atoms with van der Waals surface area (Å²) in [5, 5.41) is 11.8. The number of aromatic nitrogens is 8. The highest BCUT2D eigenvalue weighted by molar-refractivity contribution is 6.31. The van der Waals surface area contributed by atoms with Crippen molar-refractivity contribution >= 4 is 17.7 Å². The molecule has 0 unspecified atom stereocenters. The Hall–Kier alpha value is -4.84. The van der Waals surface area contributed by atoms with Gasteiger partial charge in [-0.15, -0.1) is 5.10 Å². The van der Waals surface area contributed by atoms with Crippen LogP contribution in [0.3, 0.4) is 0 Å². The van der Waals surface area contributed by atoms with E-state index in [2.05, 4.69) is 20.5 Å². The van der Waals surface area contributed by atoms with Crippen LogP contribution in [0.1, 0.15) is 29.7 Å². The van der Waals surface area contributed by atoms with Crippen LogP contribution in [0.2, 0.25) is 5.15 Å². The molecule has 3 N–H and O–H groups in total. The van der Waals surface area contributed by atoms with Gasteiger partial charge in [0.15, 0.2) is 0 Å². The summed E-state index contributed by atoms with van der Waals surface area (Å²) in [5.41, 5.74) is 9.14. The lowest BCUT2D eigenvalue weighted by Crippen LogP contribution is -2.25. The van der Waals surface area contributed by atoms with E-state index in [0.29, 0.717) is 52.3 Å². The number of hydrogen-bond donors (Lipinski definition) is 2. The van der Waals surface area contributed by atoms with Crippen molar-refractivity contribution in [3.8, 4) is 34.0 Å². The van der Waals surface area contributed by atoms with Gasteiger partial charge in [-0.1, -0.05) is 23.2 Å². The number of aromatic amines is 1. The van der Waals surface area contributed by atoms with Crippen molar-refractivity contribution in [2.24, 2.45) is 5.73 Å². The average Bonchev–Trinajstić information content (AvgIpc) is 3.64. The molecule has 0 saturated heterocycles. The van der Waals surface area contributed by atoms with Gasteiger partial charge in [0.25, 0.3) is 5.56 Å². The minimum Gasteiger partial charge on any atom is -0.411 e. The van der Waals surface area contributed by atoms with Crippen molar-refractivity contribution < 1.29 is 9.53 Å². The highest BCUT2D eigenvalue weighted by Gasteiger charge is 2.30. The number of carbonyl (C=O) groups excluding carboxylic acids is 1. The van der Waals surface area contributed by atoms with Crippen LogP contribution in [-0.4, -0.2) is 45.8 Å². The molecule has 12 nitrogen and oxygen atoms in total. The van der Waals surface area contributed by atoms with Crippen LogP contribution < -0.4 is 16.0 Å². The van der Waals surface area contributed by atoms with Gasteiger partial charge in [0.05, 0.1) is 17.4 Å². The lowest BCUT2D eigenvalue weighted by molar-refractivity contribution is 0.211. The van der Waals surface area contributed by atoms with Crippen molar-refractivity contribution in [1.29, 1.82) is 0 Å². The van der Waals surface area contributed by atoms with E-state index in [1.165, 1.54) is 12.4 Å². The minimum absolute atomic E-state index is 0.196. The Morgan fingerprint density at radius 2 is 1.97 bits per heavy atom. The molecule has 0 saturated carbocycles. The van der Waals surface area contributed by atoms with E-state index >= 15 is 0 Å². The third kappa shape index (κ3) is 4.20. The van der Waals surface area contributed by atoms with Gasteiger partial charge >= 0.3 is 6.09 Å². The predicted molar refractivity (Wildman–Crippen MR) is 137 cm³/mol. The first-order valence-electron chi connectivity index (χ1n) is 11.7. The molecule has 0 bridgehead atoms. The largest absolute Gasteiger partial charge is 0.411 e. The number of amides is 1. The summed E-state index contributed by atoms with van der Waals surface area (Å²) >= 11 is 6.49.